The van der Waals surface area contributed by atoms with Gasteiger partial charge in [0.05, 0.1) is 13.1 Å². The van der Waals surface area contributed by atoms with E-state index >= 15 is 0 Å². The Hall–Kier alpha value is -0.790. The lowest BCUT2D eigenvalue weighted by Gasteiger charge is -2.07. The second kappa shape index (κ2) is 35.5. The van der Waals surface area contributed by atoms with Crippen molar-refractivity contribution in [3.63, 3.8) is 0 Å². The van der Waals surface area contributed by atoms with E-state index in [-0.39, 0.29) is 0 Å². The molecule has 0 amide bonds. The molecule has 0 radical (unpaired) electrons. The molecule has 0 unspecified atom stereocenters. The molecular weight excluding hydrogens is 556 g/mol. The summed E-state index contributed by atoms with van der Waals surface area (Å²) >= 11 is 0. The van der Waals surface area contributed by atoms with Gasteiger partial charge in [-0.15, -0.1) is 0 Å². The fraction of sp³-hybridized carbons (Fsp3) is 0.932. The van der Waals surface area contributed by atoms with Crippen LogP contribution in [0.2, 0.25) is 0 Å². The van der Waals surface area contributed by atoms with Gasteiger partial charge in [0, 0.05) is 6.42 Å². The summed E-state index contributed by atoms with van der Waals surface area (Å²) in [5.41, 5.74) is 0. The number of nitrogens with zero attached hydrogens (tertiary/aromatic N) is 2. The quantitative estimate of drug-likeness (QED) is 0.0501. The molecule has 1 aromatic rings. The molecule has 0 bridgehead atoms. The van der Waals surface area contributed by atoms with Gasteiger partial charge in [-0.25, -0.2) is 9.13 Å². The van der Waals surface area contributed by atoms with Crippen molar-refractivity contribution in [3.05, 3.63) is 18.2 Å². The van der Waals surface area contributed by atoms with Crippen molar-refractivity contribution in [2.75, 3.05) is 0 Å². The summed E-state index contributed by atoms with van der Waals surface area (Å²) in [5, 5.41) is 0. The minimum atomic E-state index is 1.22. The van der Waals surface area contributed by atoms with Crippen molar-refractivity contribution in [3.8, 4) is 0 Å². The third-order valence-corrected chi connectivity index (χ3v) is 10.6. The van der Waals surface area contributed by atoms with Crippen LogP contribution in [0.4, 0.5) is 0 Å². The van der Waals surface area contributed by atoms with Crippen molar-refractivity contribution in [1.29, 1.82) is 0 Å². The molecule has 46 heavy (non-hydrogen) atoms. The van der Waals surface area contributed by atoms with E-state index < -0.39 is 0 Å². The molecule has 2 heteroatoms. The number of hydrogen-bond donors (Lipinski definition) is 0. The zero-order valence-electron chi connectivity index (χ0n) is 32.4. The first-order valence-electron chi connectivity index (χ1n) is 21.9. The van der Waals surface area contributed by atoms with Crippen LogP contribution in [-0.2, 0) is 19.5 Å². The lowest BCUT2D eigenvalue weighted by atomic mass is 10.0. The minimum Gasteiger partial charge on any atom is -0.234 e. The largest absolute Gasteiger partial charge is 0.256 e. The molecule has 272 valence electrons. The van der Waals surface area contributed by atoms with Crippen LogP contribution >= 0.6 is 0 Å². The normalized spacial score (nSPS) is 11.6. The van der Waals surface area contributed by atoms with E-state index in [1.54, 1.807) is 5.82 Å². The molecule has 0 spiro atoms. The number of rotatable bonds is 38. The highest BCUT2D eigenvalue weighted by molar-refractivity contribution is 4.84. The molecule has 0 atom stereocenters. The summed E-state index contributed by atoms with van der Waals surface area (Å²) in [6.07, 6.45) is 56.4. The zero-order chi connectivity index (χ0) is 33.0. The van der Waals surface area contributed by atoms with Gasteiger partial charge in [0.2, 0.25) is 0 Å². The SMILES string of the molecule is CCCCCCCCCCCCCCCCCCc1n(CCCCC)cc[n+]1CCCCCCCCCCCCCCCCCC. The van der Waals surface area contributed by atoms with Gasteiger partial charge in [-0.1, -0.05) is 213 Å². The van der Waals surface area contributed by atoms with Crippen LogP contribution in [-0.4, -0.2) is 4.57 Å². The third kappa shape index (κ3) is 27.2. The van der Waals surface area contributed by atoms with Gasteiger partial charge in [0.15, 0.2) is 0 Å². The van der Waals surface area contributed by atoms with Crippen LogP contribution in [0.5, 0.6) is 0 Å². The Morgan fingerprint density at radius 3 is 1.04 bits per heavy atom. The van der Waals surface area contributed by atoms with Crippen molar-refractivity contribution in [2.45, 2.75) is 265 Å². The molecule has 0 aromatic carbocycles. The summed E-state index contributed by atoms with van der Waals surface area (Å²) in [7, 11) is 0. The predicted octanol–water partition coefficient (Wildman–Crippen LogP) is 15.0. The highest BCUT2D eigenvalue weighted by atomic mass is 15.1. The van der Waals surface area contributed by atoms with Crippen molar-refractivity contribution >= 4 is 0 Å². The standard InChI is InChI=1S/C44H87N2/c1-4-7-10-12-14-16-18-20-22-24-26-28-30-32-34-36-39-44-45(40-37-9-6-3)42-43-46(44)41-38-35-33-31-29-27-25-23-21-19-17-15-13-11-8-5-2/h42-43H,4-41H2,1-3H3/q+1. The van der Waals surface area contributed by atoms with E-state index in [4.69, 9.17) is 0 Å². The van der Waals surface area contributed by atoms with Gasteiger partial charge in [-0.2, -0.15) is 0 Å². The van der Waals surface area contributed by atoms with Crippen LogP contribution in [0.25, 0.3) is 0 Å². The molecule has 0 saturated heterocycles. The zero-order valence-corrected chi connectivity index (χ0v) is 32.4. The summed E-state index contributed by atoms with van der Waals surface area (Å²) in [4.78, 5) is 0. The van der Waals surface area contributed by atoms with Crippen LogP contribution in [0.3, 0.4) is 0 Å². The van der Waals surface area contributed by atoms with E-state index in [2.05, 4.69) is 42.3 Å². The molecule has 1 rings (SSSR count). The van der Waals surface area contributed by atoms with Gasteiger partial charge >= 0.3 is 0 Å². The molecule has 0 N–H and O–H groups in total. The van der Waals surface area contributed by atoms with Crippen LogP contribution in [0.15, 0.2) is 12.4 Å². The first-order valence-corrected chi connectivity index (χ1v) is 21.9. The summed E-state index contributed by atoms with van der Waals surface area (Å²) in [5.74, 6) is 1.61. The van der Waals surface area contributed by atoms with Crippen LogP contribution in [0, 0.1) is 0 Å². The fourth-order valence-corrected chi connectivity index (χ4v) is 7.39. The first kappa shape index (κ1) is 43.2. The molecule has 0 aliphatic heterocycles. The molecule has 0 fully saturated rings. The maximum absolute atomic E-state index is 2.63. The second-order valence-electron chi connectivity index (χ2n) is 15.2. The average molecular weight is 644 g/mol. The summed E-state index contributed by atoms with van der Waals surface area (Å²) in [6, 6.07) is 0. The Balaban J connectivity index is 2.08. The first-order chi connectivity index (χ1) is 22.8. The molecule has 0 aliphatic carbocycles. The van der Waals surface area contributed by atoms with Gasteiger partial charge < -0.3 is 0 Å². The van der Waals surface area contributed by atoms with Crippen LogP contribution in [0.1, 0.15) is 251 Å². The number of aromatic nitrogens is 2. The highest BCUT2D eigenvalue weighted by Crippen LogP contribution is 2.16. The lowest BCUT2D eigenvalue weighted by molar-refractivity contribution is -0.704. The van der Waals surface area contributed by atoms with E-state index in [1.807, 2.05) is 0 Å². The van der Waals surface area contributed by atoms with Gasteiger partial charge in [-0.05, 0) is 32.1 Å². The molecule has 2 nitrogen and oxygen atoms in total. The summed E-state index contributed by atoms with van der Waals surface area (Å²) in [6.45, 7) is 9.39. The Morgan fingerprint density at radius 1 is 0.370 bits per heavy atom. The molecule has 1 heterocycles. The molecule has 1 aromatic heterocycles. The minimum absolute atomic E-state index is 1.22. The molecular formula is C44H87N2+. The van der Waals surface area contributed by atoms with Crippen molar-refractivity contribution in [2.24, 2.45) is 0 Å². The van der Waals surface area contributed by atoms with E-state index in [0.29, 0.717) is 0 Å². The van der Waals surface area contributed by atoms with E-state index in [1.165, 1.54) is 244 Å². The Kier molecular flexibility index (Phi) is 33.4. The van der Waals surface area contributed by atoms with Gasteiger partial charge in [0.25, 0.3) is 5.82 Å². The Morgan fingerprint density at radius 2 is 0.674 bits per heavy atom. The van der Waals surface area contributed by atoms with E-state index in [9.17, 15) is 0 Å². The number of hydrogen-bond acceptors (Lipinski definition) is 0. The molecule has 0 saturated carbocycles. The Labute approximate surface area is 291 Å². The van der Waals surface area contributed by atoms with E-state index in [0.717, 1.165) is 0 Å². The predicted molar refractivity (Wildman–Crippen MR) is 207 cm³/mol. The highest BCUT2D eigenvalue weighted by Gasteiger charge is 2.16. The fourth-order valence-electron chi connectivity index (χ4n) is 7.39. The van der Waals surface area contributed by atoms with Crippen molar-refractivity contribution in [1.82, 2.24) is 4.57 Å². The lowest BCUT2D eigenvalue weighted by Crippen LogP contribution is -2.37. The summed E-state index contributed by atoms with van der Waals surface area (Å²) < 4.78 is 5.23. The van der Waals surface area contributed by atoms with Crippen LogP contribution < -0.4 is 4.57 Å². The maximum Gasteiger partial charge on any atom is 0.256 e. The topological polar surface area (TPSA) is 8.81 Å². The monoisotopic (exact) mass is 644 g/mol. The van der Waals surface area contributed by atoms with Gasteiger partial charge in [-0.3, -0.25) is 0 Å². The second-order valence-corrected chi connectivity index (χ2v) is 15.2. The number of unbranched alkanes of at least 4 members (excludes halogenated alkanes) is 32. The number of aryl methyl sites for hydroxylation is 2. The maximum atomic E-state index is 2.63. The average Bonchev–Trinajstić information content (AvgIpc) is 3.45. The smallest absolute Gasteiger partial charge is 0.234 e. The van der Waals surface area contributed by atoms with Crippen molar-refractivity contribution < 1.29 is 4.57 Å². The van der Waals surface area contributed by atoms with Gasteiger partial charge in [0.1, 0.15) is 12.4 Å². The Bertz CT molecular complexity index is 707. The molecule has 0 aliphatic rings. The number of imidazole rings is 1. The third-order valence-electron chi connectivity index (χ3n) is 10.6.